The molecular formula is C18H23N3O10S3. The Kier molecular flexibility index (Phi) is 10.2. The van der Waals surface area contributed by atoms with Crippen molar-refractivity contribution in [1.29, 1.82) is 0 Å². The fraction of sp³-hybridized carbons (Fsp3) is 0.333. The molecule has 0 heterocycles. The summed E-state index contributed by atoms with van der Waals surface area (Å²) in [5.74, 6) is -0.726. The van der Waals surface area contributed by atoms with E-state index in [0.29, 0.717) is 28.3 Å². The molecule has 0 saturated carbocycles. The average Bonchev–Trinajstić information content (AvgIpc) is 2.77. The molecule has 0 aromatic heterocycles. The maximum Gasteiger partial charge on any atom is 0.283 e. The average molecular weight is 538 g/mol. The monoisotopic (exact) mass is 537 g/mol. The quantitative estimate of drug-likeness (QED) is 0.0841. The highest BCUT2D eigenvalue weighted by Gasteiger charge is 2.17. The molecule has 3 N–H and O–H groups in total. The molecule has 0 atom stereocenters. The standard InChI is InChI=1S/C18H23N3O10S3/c1-12-9-16(13(2)8-15(12)19-11-34(25,26)27)20-21-17-10-14(4-5-18(17)28-3)33(23,24)7-6-29-32-31-30-22/h4-5,8-10,19,22H,6-7,11H2,1-3H3,(H,25,26,27). The summed E-state index contributed by atoms with van der Waals surface area (Å²) in [5, 5.41) is 22.3. The van der Waals surface area contributed by atoms with Crippen LogP contribution in [0.3, 0.4) is 0 Å². The first kappa shape index (κ1) is 27.9. The molecule has 0 radical (unpaired) electrons. The lowest BCUT2D eigenvalue weighted by Crippen LogP contribution is -2.13. The van der Waals surface area contributed by atoms with Crippen LogP contribution in [0, 0.1) is 13.8 Å². The van der Waals surface area contributed by atoms with Gasteiger partial charge in [-0.15, -0.1) is 9.45 Å². The minimum absolute atomic E-state index is 0.0344. The lowest BCUT2D eigenvalue weighted by molar-refractivity contribution is -0.434. The van der Waals surface area contributed by atoms with Crippen molar-refractivity contribution < 1.29 is 44.9 Å². The molecule has 34 heavy (non-hydrogen) atoms. The van der Waals surface area contributed by atoms with Gasteiger partial charge in [0, 0.05) is 5.69 Å². The van der Waals surface area contributed by atoms with Crippen molar-refractivity contribution in [1.82, 2.24) is 0 Å². The van der Waals surface area contributed by atoms with Gasteiger partial charge in [0.15, 0.2) is 22.2 Å². The molecule has 188 valence electrons. The normalized spacial score (nSPS) is 12.3. The maximum absolute atomic E-state index is 12.6. The van der Waals surface area contributed by atoms with E-state index in [-0.39, 0.29) is 35.3 Å². The first-order chi connectivity index (χ1) is 16.0. The van der Waals surface area contributed by atoms with Crippen LogP contribution in [0.15, 0.2) is 45.5 Å². The van der Waals surface area contributed by atoms with E-state index in [0.717, 1.165) is 0 Å². The number of benzene rings is 2. The van der Waals surface area contributed by atoms with E-state index in [1.165, 1.54) is 25.3 Å². The highest BCUT2D eigenvalue weighted by atomic mass is 32.2. The number of sulfone groups is 1. The highest BCUT2D eigenvalue weighted by molar-refractivity contribution is 7.91. The van der Waals surface area contributed by atoms with Crippen LogP contribution in [0.25, 0.3) is 0 Å². The Morgan fingerprint density at radius 1 is 1.03 bits per heavy atom. The van der Waals surface area contributed by atoms with Gasteiger partial charge in [-0.2, -0.15) is 13.5 Å². The first-order valence-corrected chi connectivity index (χ1v) is 13.3. The van der Waals surface area contributed by atoms with Crippen LogP contribution in [0.2, 0.25) is 0 Å². The van der Waals surface area contributed by atoms with Crippen molar-refractivity contribution >= 4 is 49.3 Å². The molecule has 0 unspecified atom stereocenters. The summed E-state index contributed by atoms with van der Waals surface area (Å²) in [4.78, 5) is -0.0344. The first-order valence-electron chi connectivity index (χ1n) is 9.36. The summed E-state index contributed by atoms with van der Waals surface area (Å²) in [6.45, 7) is 3.21. The molecule has 0 aliphatic carbocycles. The molecule has 16 heteroatoms. The van der Waals surface area contributed by atoms with E-state index >= 15 is 0 Å². The molecule has 13 nitrogen and oxygen atoms in total. The summed E-state index contributed by atoms with van der Waals surface area (Å²) >= 11 is 0.275. The number of hydrogen-bond acceptors (Lipinski definition) is 13. The Balaban J connectivity index is 2.25. The van der Waals surface area contributed by atoms with Gasteiger partial charge in [-0.3, -0.25) is 8.74 Å². The molecule has 0 bridgehead atoms. The number of nitrogens with zero attached hydrogens (tertiary/aromatic N) is 2. The van der Waals surface area contributed by atoms with Crippen molar-refractivity contribution in [3.8, 4) is 5.75 Å². The molecule has 2 rings (SSSR count). The van der Waals surface area contributed by atoms with Crippen LogP contribution in [-0.2, 0) is 33.5 Å². The largest absolute Gasteiger partial charge is 0.494 e. The predicted octanol–water partition coefficient (Wildman–Crippen LogP) is 3.76. The van der Waals surface area contributed by atoms with Crippen molar-refractivity contribution in [2.45, 2.75) is 18.7 Å². The number of rotatable bonds is 13. The maximum atomic E-state index is 12.6. The van der Waals surface area contributed by atoms with E-state index in [9.17, 15) is 16.8 Å². The second kappa shape index (κ2) is 12.4. The number of azo groups is 1. The zero-order valence-corrected chi connectivity index (χ0v) is 20.7. The zero-order chi connectivity index (χ0) is 25.4. The number of nitrogens with one attached hydrogen (secondary N) is 1. The lowest BCUT2D eigenvalue weighted by Gasteiger charge is -2.11. The van der Waals surface area contributed by atoms with Crippen molar-refractivity contribution in [3.05, 3.63) is 41.5 Å². The molecule has 0 fully saturated rings. The van der Waals surface area contributed by atoms with E-state index in [1.807, 2.05) is 0 Å². The van der Waals surface area contributed by atoms with Crippen molar-refractivity contribution in [3.63, 3.8) is 0 Å². The Hall–Kier alpha value is -2.31. The molecule has 0 spiro atoms. The van der Waals surface area contributed by atoms with Gasteiger partial charge in [0.2, 0.25) is 0 Å². The molecule has 2 aromatic carbocycles. The third-order valence-corrected chi connectivity index (χ3v) is 6.87. The zero-order valence-electron chi connectivity index (χ0n) is 18.3. The van der Waals surface area contributed by atoms with Crippen LogP contribution in [0.5, 0.6) is 5.75 Å². The van der Waals surface area contributed by atoms with Crippen LogP contribution in [0.1, 0.15) is 11.1 Å². The number of hydrogen-bond donors (Lipinski definition) is 3. The Morgan fingerprint density at radius 3 is 2.38 bits per heavy atom. The summed E-state index contributed by atoms with van der Waals surface area (Å²) in [6.07, 6.45) is 0. The fourth-order valence-electron chi connectivity index (χ4n) is 2.64. The number of aryl methyl sites for hydroxylation is 2. The second-order valence-electron chi connectivity index (χ2n) is 6.74. The van der Waals surface area contributed by atoms with E-state index < -0.39 is 25.8 Å². The minimum atomic E-state index is -4.19. The topological polar surface area (TPSA) is 182 Å². The van der Waals surface area contributed by atoms with Gasteiger partial charge in [0.1, 0.15) is 17.3 Å². The Labute approximate surface area is 201 Å². The minimum Gasteiger partial charge on any atom is -0.494 e. The van der Waals surface area contributed by atoms with E-state index in [1.54, 1.807) is 26.0 Å². The number of anilines is 1. The van der Waals surface area contributed by atoms with Gasteiger partial charge in [0.25, 0.3) is 10.1 Å². The van der Waals surface area contributed by atoms with Gasteiger partial charge in [-0.05, 0) is 55.3 Å². The molecule has 2 aromatic rings. The van der Waals surface area contributed by atoms with Gasteiger partial charge in [-0.25, -0.2) is 13.7 Å². The van der Waals surface area contributed by atoms with Crippen molar-refractivity contribution in [2.24, 2.45) is 10.2 Å². The lowest BCUT2D eigenvalue weighted by atomic mass is 10.1. The van der Waals surface area contributed by atoms with Gasteiger partial charge in [0.05, 0.1) is 30.1 Å². The van der Waals surface area contributed by atoms with Crippen LogP contribution < -0.4 is 10.1 Å². The fourth-order valence-corrected chi connectivity index (χ4v) is 4.41. The predicted molar refractivity (Wildman–Crippen MR) is 124 cm³/mol. The Morgan fingerprint density at radius 2 is 1.74 bits per heavy atom. The molecule has 0 saturated heterocycles. The van der Waals surface area contributed by atoms with Crippen LogP contribution in [0.4, 0.5) is 17.1 Å². The summed E-state index contributed by atoms with van der Waals surface area (Å²) in [7, 11) is -6.53. The van der Waals surface area contributed by atoms with Crippen molar-refractivity contribution in [2.75, 3.05) is 30.7 Å². The number of ether oxygens (including phenoxy) is 1. The third-order valence-electron chi connectivity index (χ3n) is 4.30. The smallest absolute Gasteiger partial charge is 0.283 e. The number of methoxy groups -OCH3 is 1. The van der Waals surface area contributed by atoms with Gasteiger partial charge in [-0.1, -0.05) is 5.04 Å². The SMILES string of the molecule is COc1ccc(S(=O)(=O)CCOSOOO)cc1N=Nc1cc(C)c(NCS(=O)(=O)O)cc1C. The summed E-state index contributed by atoms with van der Waals surface area (Å²) in [5.41, 5.74) is 2.43. The van der Waals surface area contributed by atoms with Gasteiger partial charge >= 0.3 is 0 Å². The molecule has 0 aliphatic rings. The summed E-state index contributed by atoms with van der Waals surface area (Å²) < 4.78 is 70.0. The van der Waals surface area contributed by atoms with Crippen LogP contribution in [-0.4, -0.2) is 52.0 Å². The summed E-state index contributed by atoms with van der Waals surface area (Å²) in [6, 6.07) is 7.42. The molecular weight excluding hydrogens is 514 g/mol. The van der Waals surface area contributed by atoms with E-state index in [2.05, 4.69) is 24.9 Å². The molecule has 0 amide bonds. The third kappa shape index (κ3) is 8.48. The second-order valence-corrected chi connectivity index (χ2v) is 10.8. The van der Waals surface area contributed by atoms with Gasteiger partial charge < -0.3 is 10.1 Å². The highest BCUT2D eigenvalue weighted by Crippen LogP contribution is 2.34. The Bertz CT molecular complexity index is 1230. The molecule has 0 aliphatic heterocycles. The van der Waals surface area contributed by atoms with E-state index in [4.69, 9.17) is 18.7 Å². The van der Waals surface area contributed by atoms with Crippen LogP contribution >= 0.6 is 12.3 Å².